The van der Waals surface area contributed by atoms with E-state index in [0.29, 0.717) is 12.3 Å². The minimum atomic E-state index is -4.41. The number of halogens is 3. The van der Waals surface area contributed by atoms with Crippen molar-refractivity contribution in [2.45, 2.75) is 32.5 Å². The molecular weight excluding hydrogens is 237 g/mol. The quantitative estimate of drug-likeness (QED) is 0.715. The molecule has 0 saturated carbocycles. The molecule has 4 nitrogen and oxygen atoms in total. The van der Waals surface area contributed by atoms with E-state index >= 15 is 0 Å². The summed E-state index contributed by atoms with van der Waals surface area (Å²) in [5.74, 6) is -0.231. The summed E-state index contributed by atoms with van der Waals surface area (Å²) in [5.41, 5.74) is 5.43. The van der Waals surface area contributed by atoms with Crippen molar-refractivity contribution in [3.8, 4) is 0 Å². The molecule has 1 amide bonds. The van der Waals surface area contributed by atoms with Crippen LogP contribution in [0.15, 0.2) is 0 Å². The Morgan fingerprint density at radius 3 is 2.41 bits per heavy atom. The van der Waals surface area contributed by atoms with E-state index in [-0.39, 0.29) is 12.6 Å². The standard InChI is InChI=1S/C10H19F3N2O2/c1-7(2)3-8(4-14)15-9(16)5-17-6-10(11,12)13/h7-8H,3-6,14H2,1-2H3,(H,15,16). The first-order valence-electron chi connectivity index (χ1n) is 5.38. The third-order valence-corrected chi connectivity index (χ3v) is 1.90. The molecule has 3 N–H and O–H groups in total. The van der Waals surface area contributed by atoms with Crippen molar-refractivity contribution in [3.63, 3.8) is 0 Å². The van der Waals surface area contributed by atoms with E-state index in [0.717, 1.165) is 0 Å². The Hall–Kier alpha value is -0.820. The first-order chi connectivity index (χ1) is 7.74. The van der Waals surface area contributed by atoms with Crippen LogP contribution in [0.3, 0.4) is 0 Å². The molecule has 0 heterocycles. The molecule has 0 spiro atoms. The van der Waals surface area contributed by atoms with Crippen molar-refractivity contribution in [1.82, 2.24) is 5.32 Å². The molecule has 0 radical (unpaired) electrons. The van der Waals surface area contributed by atoms with Gasteiger partial charge in [0.05, 0.1) is 0 Å². The lowest BCUT2D eigenvalue weighted by Gasteiger charge is -2.18. The first kappa shape index (κ1) is 16.2. The van der Waals surface area contributed by atoms with Crippen LogP contribution in [0.4, 0.5) is 13.2 Å². The predicted octanol–water partition coefficient (Wildman–Crippen LogP) is 1.05. The fourth-order valence-electron chi connectivity index (χ4n) is 1.31. The topological polar surface area (TPSA) is 64.3 Å². The molecule has 0 fully saturated rings. The van der Waals surface area contributed by atoms with E-state index in [1.807, 2.05) is 13.8 Å². The Kier molecular flexibility index (Phi) is 7.13. The summed E-state index contributed by atoms with van der Waals surface area (Å²) in [6.07, 6.45) is -3.73. The molecule has 0 aliphatic carbocycles. The maximum absolute atomic E-state index is 11.7. The van der Waals surface area contributed by atoms with Crippen molar-refractivity contribution < 1.29 is 22.7 Å². The number of nitrogens with one attached hydrogen (secondary N) is 1. The van der Waals surface area contributed by atoms with Crippen molar-refractivity contribution in [1.29, 1.82) is 0 Å². The predicted molar refractivity (Wildman–Crippen MR) is 57.3 cm³/mol. The van der Waals surface area contributed by atoms with E-state index in [1.165, 1.54) is 0 Å². The smallest absolute Gasteiger partial charge is 0.362 e. The van der Waals surface area contributed by atoms with Crippen LogP contribution in [0.2, 0.25) is 0 Å². The molecule has 0 aliphatic rings. The first-order valence-corrected chi connectivity index (χ1v) is 5.38. The van der Waals surface area contributed by atoms with Gasteiger partial charge in [0.25, 0.3) is 0 Å². The van der Waals surface area contributed by atoms with Crippen LogP contribution in [0.1, 0.15) is 20.3 Å². The summed E-state index contributed by atoms with van der Waals surface area (Å²) < 4.78 is 39.4. The number of amides is 1. The molecule has 17 heavy (non-hydrogen) atoms. The second-order valence-electron chi connectivity index (χ2n) is 4.24. The van der Waals surface area contributed by atoms with Crippen LogP contribution in [0.25, 0.3) is 0 Å². The summed E-state index contributed by atoms with van der Waals surface area (Å²) in [4.78, 5) is 11.2. The maximum atomic E-state index is 11.7. The Morgan fingerprint density at radius 1 is 1.41 bits per heavy atom. The number of ether oxygens (including phenoxy) is 1. The van der Waals surface area contributed by atoms with Gasteiger partial charge in [-0.05, 0) is 12.3 Å². The highest BCUT2D eigenvalue weighted by molar-refractivity contribution is 5.77. The molecule has 0 aromatic carbocycles. The monoisotopic (exact) mass is 256 g/mol. The van der Waals surface area contributed by atoms with Crippen LogP contribution in [-0.2, 0) is 9.53 Å². The second-order valence-corrected chi connectivity index (χ2v) is 4.24. The van der Waals surface area contributed by atoms with Gasteiger partial charge in [0.15, 0.2) is 0 Å². The third-order valence-electron chi connectivity index (χ3n) is 1.90. The number of carbonyl (C=O) groups is 1. The Balaban J connectivity index is 3.83. The molecule has 102 valence electrons. The largest absolute Gasteiger partial charge is 0.411 e. The van der Waals surface area contributed by atoms with Gasteiger partial charge in [-0.25, -0.2) is 0 Å². The van der Waals surface area contributed by atoms with Gasteiger partial charge in [0.1, 0.15) is 13.2 Å². The van der Waals surface area contributed by atoms with Gasteiger partial charge in [-0.2, -0.15) is 13.2 Å². The van der Waals surface area contributed by atoms with Gasteiger partial charge in [-0.3, -0.25) is 4.79 Å². The van der Waals surface area contributed by atoms with Gasteiger partial charge in [0.2, 0.25) is 5.91 Å². The third kappa shape index (κ3) is 10.1. The molecule has 1 atom stereocenters. The minimum absolute atomic E-state index is 0.225. The van der Waals surface area contributed by atoms with E-state index in [9.17, 15) is 18.0 Å². The number of hydrogen-bond donors (Lipinski definition) is 2. The molecule has 0 bridgehead atoms. The number of hydrogen-bond acceptors (Lipinski definition) is 3. The minimum Gasteiger partial charge on any atom is -0.362 e. The van der Waals surface area contributed by atoms with Gasteiger partial charge in [-0.1, -0.05) is 13.8 Å². The molecule has 1 unspecified atom stereocenters. The number of nitrogens with two attached hydrogens (primary N) is 1. The van der Waals surface area contributed by atoms with Crippen molar-refractivity contribution in [3.05, 3.63) is 0 Å². The zero-order chi connectivity index (χ0) is 13.5. The van der Waals surface area contributed by atoms with Crippen LogP contribution in [0, 0.1) is 5.92 Å². The number of rotatable bonds is 7. The summed E-state index contributed by atoms with van der Waals surface area (Å²) in [6.45, 7) is 2.17. The highest BCUT2D eigenvalue weighted by atomic mass is 19.4. The van der Waals surface area contributed by atoms with E-state index in [1.54, 1.807) is 0 Å². The molecule has 7 heteroatoms. The summed E-state index contributed by atoms with van der Waals surface area (Å²) >= 11 is 0. The average Bonchev–Trinajstić information content (AvgIpc) is 2.13. The van der Waals surface area contributed by atoms with E-state index in [2.05, 4.69) is 10.1 Å². The fraction of sp³-hybridized carbons (Fsp3) is 0.900. The van der Waals surface area contributed by atoms with Gasteiger partial charge < -0.3 is 15.8 Å². The SMILES string of the molecule is CC(C)CC(CN)NC(=O)COCC(F)(F)F. The molecule has 0 aliphatic heterocycles. The van der Waals surface area contributed by atoms with Crippen molar-refractivity contribution >= 4 is 5.91 Å². The summed E-state index contributed by atoms with van der Waals surface area (Å²) in [5, 5.41) is 2.53. The Labute approximate surface area is 98.7 Å². The van der Waals surface area contributed by atoms with Crippen LogP contribution >= 0.6 is 0 Å². The summed E-state index contributed by atoms with van der Waals surface area (Å²) in [6, 6.07) is -0.225. The van der Waals surface area contributed by atoms with E-state index < -0.39 is 25.3 Å². The van der Waals surface area contributed by atoms with E-state index in [4.69, 9.17) is 5.73 Å². The molecule has 0 rings (SSSR count). The van der Waals surface area contributed by atoms with Gasteiger partial charge >= 0.3 is 6.18 Å². The highest BCUT2D eigenvalue weighted by Crippen LogP contribution is 2.14. The lowest BCUT2D eigenvalue weighted by molar-refractivity contribution is -0.175. The lowest BCUT2D eigenvalue weighted by atomic mass is 10.0. The van der Waals surface area contributed by atoms with Crippen molar-refractivity contribution in [2.24, 2.45) is 11.7 Å². The molecule has 0 saturated heterocycles. The van der Waals surface area contributed by atoms with Crippen molar-refractivity contribution in [2.75, 3.05) is 19.8 Å². The molecule has 0 aromatic heterocycles. The van der Waals surface area contributed by atoms with Crippen LogP contribution in [0.5, 0.6) is 0 Å². The van der Waals surface area contributed by atoms with Gasteiger partial charge in [-0.15, -0.1) is 0 Å². The number of alkyl halides is 3. The second kappa shape index (κ2) is 7.50. The normalized spacial score (nSPS) is 13.8. The van der Waals surface area contributed by atoms with Crippen LogP contribution in [-0.4, -0.2) is 37.9 Å². The summed E-state index contributed by atoms with van der Waals surface area (Å²) in [7, 11) is 0. The number of carbonyl (C=O) groups excluding carboxylic acids is 1. The Bertz CT molecular complexity index is 232. The highest BCUT2D eigenvalue weighted by Gasteiger charge is 2.27. The van der Waals surface area contributed by atoms with Crippen LogP contribution < -0.4 is 11.1 Å². The fourth-order valence-corrected chi connectivity index (χ4v) is 1.31. The average molecular weight is 256 g/mol. The maximum Gasteiger partial charge on any atom is 0.411 e. The zero-order valence-electron chi connectivity index (χ0n) is 10.0. The Morgan fingerprint density at radius 2 is 2.00 bits per heavy atom. The zero-order valence-corrected chi connectivity index (χ0v) is 10.0. The lowest BCUT2D eigenvalue weighted by Crippen LogP contribution is -2.43. The van der Waals surface area contributed by atoms with Gasteiger partial charge in [0, 0.05) is 12.6 Å². The molecular formula is C10H19F3N2O2. The molecule has 0 aromatic rings.